The molecule has 0 radical (unpaired) electrons. The third-order valence-corrected chi connectivity index (χ3v) is 5.89. The molecule has 0 fully saturated rings. The summed E-state index contributed by atoms with van der Waals surface area (Å²) in [6, 6.07) is 11.7. The van der Waals surface area contributed by atoms with Crippen molar-refractivity contribution in [3.8, 4) is 5.69 Å². The maximum Gasteiger partial charge on any atom is 0.261 e. The molecule has 1 amide bonds. The molecule has 8 heteroatoms. The van der Waals surface area contributed by atoms with Crippen LogP contribution in [0.1, 0.15) is 27.2 Å². The van der Waals surface area contributed by atoms with Gasteiger partial charge in [-0.2, -0.15) is 5.10 Å². The summed E-state index contributed by atoms with van der Waals surface area (Å²) in [5.41, 5.74) is 2.97. The number of amides is 1. The van der Waals surface area contributed by atoms with Crippen LogP contribution in [0, 0.1) is 12.7 Å². The molecular weight excluding hydrogens is 389 g/mol. The number of carbonyl (C=O) groups is 1. The third-order valence-electron chi connectivity index (χ3n) is 4.37. The molecule has 0 spiro atoms. The first-order chi connectivity index (χ1) is 12.9. The predicted octanol–water partition coefficient (Wildman–Crippen LogP) is 3.99. The molecule has 0 bridgehead atoms. The first-order valence-electron chi connectivity index (χ1n) is 8.22. The zero-order valence-electron chi connectivity index (χ0n) is 14.3. The van der Waals surface area contributed by atoms with Crippen LogP contribution in [0.25, 0.3) is 5.69 Å². The molecule has 1 unspecified atom stereocenters. The quantitative estimate of drug-likeness (QED) is 0.719. The number of halogens is 2. The number of nitrogens with one attached hydrogen (secondary N) is 1. The van der Waals surface area contributed by atoms with Crippen molar-refractivity contribution in [3.05, 3.63) is 75.7 Å². The van der Waals surface area contributed by atoms with Crippen molar-refractivity contribution in [2.45, 2.75) is 18.4 Å². The Morgan fingerprint density at radius 1 is 1.22 bits per heavy atom. The second kappa shape index (κ2) is 6.90. The molecule has 2 aromatic carbocycles. The van der Waals surface area contributed by atoms with Crippen molar-refractivity contribution in [2.24, 2.45) is 0 Å². The average molecular weight is 404 g/mol. The molecule has 27 heavy (non-hydrogen) atoms. The maximum atomic E-state index is 14.1. The van der Waals surface area contributed by atoms with E-state index in [9.17, 15) is 13.4 Å². The molecule has 5 nitrogen and oxygen atoms in total. The molecular formula is C19H15ClFN3O2S. The Morgan fingerprint density at radius 3 is 2.67 bits per heavy atom. The highest BCUT2D eigenvalue weighted by Crippen LogP contribution is 2.32. The first kappa shape index (κ1) is 17.9. The number of anilines is 1. The van der Waals surface area contributed by atoms with Crippen LogP contribution < -0.4 is 5.32 Å². The van der Waals surface area contributed by atoms with Gasteiger partial charge in [0.05, 0.1) is 33.5 Å². The molecule has 138 valence electrons. The van der Waals surface area contributed by atoms with Gasteiger partial charge < -0.3 is 5.32 Å². The lowest BCUT2D eigenvalue weighted by molar-refractivity contribution is 0.102. The van der Waals surface area contributed by atoms with Crippen LogP contribution in [0.5, 0.6) is 0 Å². The van der Waals surface area contributed by atoms with Gasteiger partial charge in [0.15, 0.2) is 0 Å². The van der Waals surface area contributed by atoms with Crippen LogP contribution in [0.15, 0.2) is 42.5 Å². The zero-order chi connectivity index (χ0) is 19.1. The fourth-order valence-corrected chi connectivity index (χ4v) is 4.53. The third kappa shape index (κ3) is 3.28. The smallest absolute Gasteiger partial charge is 0.261 e. The van der Waals surface area contributed by atoms with E-state index in [4.69, 9.17) is 11.6 Å². The number of rotatable bonds is 3. The molecule has 0 saturated carbocycles. The van der Waals surface area contributed by atoms with Crippen molar-refractivity contribution in [1.29, 1.82) is 0 Å². The van der Waals surface area contributed by atoms with E-state index >= 15 is 0 Å². The highest BCUT2D eigenvalue weighted by Gasteiger charge is 2.29. The van der Waals surface area contributed by atoms with E-state index in [0.29, 0.717) is 28.6 Å². The summed E-state index contributed by atoms with van der Waals surface area (Å²) >= 11 is 6.01. The van der Waals surface area contributed by atoms with Crippen molar-refractivity contribution in [1.82, 2.24) is 9.78 Å². The van der Waals surface area contributed by atoms with Gasteiger partial charge in [-0.25, -0.2) is 9.07 Å². The summed E-state index contributed by atoms with van der Waals surface area (Å²) < 4.78 is 27.6. The van der Waals surface area contributed by atoms with Crippen LogP contribution >= 0.6 is 11.6 Å². The summed E-state index contributed by atoms with van der Waals surface area (Å²) in [6.07, 6.45) is 0. The summed E-state index contributed by atoms with van der Waals surface area (Å²) in [7, 11) is -1.06. The Balaban J connectivity index is 1.78. The van der Waals surface area contributed by atoms with E-state index in [1.54, 1.807) is 4.68 Å². The lowest BCUT2D eigenvalue weighted by Crippen LogP contribution is -2.18. The molecule has 4 rings (SSSR count). The number of benzene rings is 2. The number of fused-ring (bicyclic) bond motifs is 1. The Kier molecular flexibility index (Phi) is 4.57. The Bertz CT molecular complexity index is 1060. The predicted molar refractivity (Wildman–Crippen MR) is 103 cm³/mol. The number of carbonyl (C=O) groups excluding carboxylic acids is 1. The van der Waals surface area contributed by atoms with E-state index in [2.05, 4.69) is 10.4 Å². The molecule has 2 heterocycles. The minimum Gasteiger partial charge on any atom is -0.306 e. The molecule has 1 aliphatic heterocycles. The second-order valence-corrected chi connectivity index (χ2v) is 8.16. The van der Waals surface area contributed by atoms with Gasteiger partial charge >= 0.3 is 0 Å². The Hall–Kier alpha value is -2.51. The van der Waals surface area contributed by atoms with Gasteiger partial charge in [-0.15, -0.1) is 0 Å². The normalized spacial score (nSPS) is 15.6. The summed E-state index contributed by atoms with van der Waals surface area (Å²) in [6.45, 7) is 1.97. The number of aromatic nitrogens is 2. The van der Waals surface area contributed by atoms with Gasteiger partial charge in [0.1, 0.15) is 11.6 Å². The fraction of sp³-hybridized carbons (Fsp3) is 0.158. The number of aryl methyl sites for hydroxylation is 1. The van der Waals surface area contributed by atoms with Crippen LogP contribution in [-0.2, 0) is 22.3 Å². The molecule has 1 aliphatic rings. The van der Waals surface area contributed by atoms with Crippen molar-refractivity contribution < 1.29 is 13.4 Å². The van der Waals surface area contributed by atoms with Gasteiger partial charge in [-0.1, -0.05) is 35.4 Å². The SMILES string of the molecule is Cc1ccc(-n2nc3c(c2NC(=O)c2c(F)cccc2Cl)CS(=O)C3)cc1. The van der Waals surface area contributed by atoms with E-state index in [1.165, 1.54) is 18.2 Å². The van der Waals surface area contributed by atoms with Crippen LogP contribution in [0.4, 0.5) is 10.2 Å². The standard InChI is InChI=1S/C19H15ClFN3O2S/c1-11-5-7-12(8-6-11)24-18(13-9-27(26)10-16(13)23-24)22-19(25)17-14(20)3-2-4-15(17)21/h2-8H,9-10H2,1H3,(H,22,25). The minimum absolute atomic E-state index is 0.0223. The summed E-state index contributed by atoms with van der Waals surface area (Å²) in [5, 5.41) is 7.26. The van der Waals surface area contributed by atoms with E-state index in [1.807, 2.05) is 31.2 Å². The van der Waals surface area contributed by atoms with Gasteiger partial charge in [-0.3, -0.25) is 9.00 Å². The van der Waals surface area contributed by atoms with Gasteiger partial charge in [0.2, 0.25) is 0 Å². The number of hydrogen-bond acceptors (Lipinski definition) is 3. The van der Waals surface area contributed by atoms with E-state index in [-0.39, 0.29) is 10.6 Å². The number of hydrogen-bond donors (Lipinski definition) is 1. The van der Waals surface area contributed by atoms with Crippen molar-refractivity contribution in [3.63, 3.8) is 0 Å². The maximum absolute atomic E-state index is 14.1. The molecule has 3 aromatic rings. The summed E-state index contributed by atoms with van der Waals surface area (Å²) in [5.74, 6) is -0.364. The van der Waals surface area contributed by atoms with Gasteiger partial charge in [0.25, 0.3) is 5.91 Å². The average Bonchev–Trinajstić information content (AvgIpc) is 3.13. The zero-order valence-corrected chi connectivity index (χ0v) is 15.9. The van der Waals surface area contributed by atoms with Gasteiger partial charge in [-0.05, 0) is 31.2 Å². The Labute approximate surface area is 162 Å². The van der Waals surface area contributed by atoms with E-state index in [0.717, 1.165) is 11.3 Å². The highest BCUT2D eigenvalue weighted by atomic mass is 35.5. The minimum atomic E-state index is -1.06. The van der Waals surface area contributed by atoms with Crippen LogP contribution in [-0.4, -0.2) is 19.9 Å². The second-order valence-electron chi connectivity index (χ2n) is 6.30. The molecule has 1 N–H and O–H groups in total. The van der Waals surface area contributed by atoms with Crippen LogP contribution in [0.2, 0.25) is 5.02 Å². The highest BCUT2D eigenvalue weighted by molar-refractivity contribution is 7.83. The van der Waals surface area contributed by atoms with Gasteiger partial charge in [0, 0.05) is 16.4 Å². The topological polar surface area (TPSA) is 64.0 Å². The van der Waals surface area contributed by atoms with Crippen molar-refractivity contribution >= 4 is 34.1 Å². The first-order valence-corrected chi connectivity index (χ1v) is 10.1. The lowest BCUT2D eigenvalue weighted by atomic mass is 10.2. The summed E-state index contributed by atoms with van der Waals surface area (Å²) in [4.78, 5) is 12.7. The molecule has 0 saturated heterocycles. The molecule has 1 aromatic heterocycles. The Morgan fingerprint density at radius 2 is 1.96 bits per heavy atom. The monoisotopic (exact) mass is 403 g/mol. The van der Waals surface area contributed by atoms with Crippen LogP contribution in [0.3, 0.4) is 0 Å². The van der Waals surface area contributed by atoms with Crippen molar-refractivity contribution in [2.75, 3.05) is 5.32 Å². The lowest BCUT2D eigenvalue weighted by Gasteiger charge is -2.12. The fourth-order valence-electron chi connectivity index (χ4n) is 3.01. The number of nitrogens with zero attached hydrogens (tertiary/aromatic N) is 2. The molecule has 1 atom stereocenters. The molecule has 0 aliphatic carbocycles. The largest absolute Gasteiger partial charge is 0.306 e. The van der Waals surface area contributed by atoms with E-state index < -0.39 is 22.5 Å².